The lowest BCUT2D eigenvalue weighted by Crippen LogP contribution is -2.28. The Labute approximate surface area is 127 Å². The predicted molar refractivity (Wildman–Crippen MR) is 83.2 cm³/mol. The van der Waals surface area contributed by atoms with Gasteiger partial charge in [-0.05, 0) is 53.2 Å². The van der Waals surface area contributed by atoms with Crippen molar-refractivity contribution in [1.29, 1.82) is 0 Å². The summed E-state index contributed by atoms with van der Waals surface area (Å²) in [4.78, 5) is 1.12. The van der Waals surface area contributed by atoms with E-state index in [-0.39, 0.29) is 12.1 Å². The molecule has 0 aliphatic rings. The molecule has 2 nitrogen and oxygen atoms in total. The van der Waals surface area contributed by atoms with E-state index in [0.29, 0.717) is 0 Å². The van der Waals surface area contributed by atoms with Crippen LogP contribution in [0.5, 0.6) is 5.75 Å². The number of nitrogens with two attached hydrogens (primary N) is 1. The van der Waals surface area contributed by atoms with Gasteiger partial charge in [-0.25, -0.2) is 0 Å². The fourth-order valence-electron chi connectivity index (χ4n) is 1.56. The largest absolute Gasteiger partial charge is 0.483 e. The summed E-state index contributed by atoms with van der Waals surface area (Å²) < 4.78 is 8.07. The van der Waals surface area contributed by atoms with Gasteiger partial charge in [-0.15, -0.1) is 11.3 Å². The summed E-state index contributed by atoms with van der Waals surface area (Å²) in [7, 11) is 0. The van der Waals surface area contributed by atoms with Gasteiger partial charge in [-0.2, -0.15) is 0 Å². The molecule has 0 saturated carbocycles. The Morgan fingerprint density at radius 1 is 1.17 bits per heavy atom. The molecule has 2 N–H and O–H groups in total. The maximum atomic E-state index is 6.01. The van der Waals surface area contributed by atoms with Gasteiger partial charge in [0.05, 0.1) is 0 Å². The maximum absolute atomic E-state index is 6.01. The van der Waals surface area contributed by atoms with Crippen LogP contribution in [0.3, 0.4) is 0 Å². The lowest BCUT2D eigenvalue weighted by Gasteiger charge is -2.21. The van der Waals surface area contributed by atoms with Crippen LogP contribution in [0.15, 0.2) is 44.7 Å². The normalized spacial score (nSPS) is 14.2. The second kappa shape index (κ2) is 6.19. The maximum Gasteiger partial charge on any atom is 0.148 e. The van der Waals surface area contributed by atoms with Gasteiger partial charge < -0.3 is 10.5 Å². The fraction of sp³-hybridized carbons (Fsp3) is 0.231. The molecule has 1 heterocycles. The molecule has 2 rings (SSSR count). The number of rotatable bonds is 4. The highest BCUT2D eigenvalue weighted by molar-refractivity contribution is 9.10. The van der Waals surface area contributed by atoms with E-state index >= 15 is 0 Å². The van der Waals surface area contributed by atoms with Gasteiger partial charge in [0.1, 0.15) is 11.9 Å². The van der Waals surface area contributed by atoms with Crippen molar-refractivity contribution in [2.75, 3.05) is 0 Å². The zero-order chi connectivity index (χ0) is 13.1. The predicted octanol–water partition coefficient (Wildman–Crippen LogP) is 4.74. The Morgan fingerprint density at radius 3 is 2.33 bits per heavy atom. The van der Waals surface area contributed by atoms with Crippen molar-refractivity contribution < 1.29 is 4.74 Å². The van der Waals surface area contributed by atoms with E-state index in [1.807, 2.05) is 36.6 Å². The molecule has 96 valence electrons. The SMILES string of the molecule is CC(N)C(Oc1ccc(Br)cc1)c1cc(Br)cs1. The van der Waals surface area contributed by atoms with Gasteiger partial charge in [0.2, 0.25) is 0 Å². The lowest BCUT2D eigenvalue weighted by molar-refractivity contribution is 0.184. The number of hydrogen-bond donors (Lipinski definition) is 1. The van der Waals surface area contributed by atoms with Crippen molar-refractivity contribution in [2.45, 2.75) is 19.1 Å². The van der Waals surface area contributed by atoms with Crippen LogP contribution in [-0.2, 0) is 0 Å². The van der Waals surface area contributed by atoms with Crippen LogP contribution < -0.4 is 10.5 Å². The summed E-state index contributed by atoms with van der Waals surface area (Å²) in [5, 5.41) is 2.04. The molecule has 5 heteroatoms. The quantitative estimate of drug-likeness (QED) is 0.818. The fourth-order valence-corrected chi connectivity index (χ4v) is 3.41. The molecule has 2 atom stereocenters. The van der Waals surface area contributed by atoms with E-state index in [0.717, 1.165) is 19.6 Å². The number of hydrogen-bond acceptors (Lipinski definition) is 3. The summed E-state index contributed by atoms with van der Waals surface area (Å²) in [6.45, 7) is 1.96. The number of ether oxygens (including phenoxy) is 1. The van der Waals surface area contributed by atoms with Gasteiger partial charge in [0, 0.05) is 25.2 Å². The smallest absolute Gasteiger partial charge is 0.148 e. The first-order valence-electron chi connectivity index (χ1n) is 5.48. The molecular weight excluding hydrogens is 378 g/mol. The first kappa shape index (κ1) is 14.1. The molecular formula is C13H13Br2NOS. The molecule has 18 heavy (non-hydrogen) atoms. The van der Waals surface area contributed by atoms with Crippen LogP contribution in [0.1, 0.15) is 17.9 Å². The van der Waals surface area contributed by atoms with E-state index in [2.05, 4.69) is 37.9 Å². The minimum absolute atomic E-state index is 0.0702. The Balaban J connectivity index is 2.19. The van der Waals surface area contributed by atoms with Gasteiger partial charge >= 0.3 is 0 Å². The highest BCUT2D eigenvalue weighted by Gasteiger charge is 2.20. The van der Waals surface area contributed by atoms with E-state index < -0.39 is 0 Å². The highest BCUT2D eigenvalue weighted by atomic mass is 79.9. The second-order valence-electron chi connectivity index (χ2n) is 4.02. The average molecular weight is 391 g/mol. The first-order chi connectivity index (χ1) is 8.56. The molecule has 0 spiro atoms. The molecule has 0 bridgehead atoms. The van der Waals surface area contributed by atoms with Crippen LogP contribution in [0.25, 0.3) is 0 Å². The monoisotopic (exact) mass is 389 g/mol. The molecule has 1 aromatic heterocycles. The van der Waals surface area contributed by atoms with Crippen molar-refractivity contribution in [3.05, 3.63) is 49.5 Å². The Hall–Kier alpha value is -0.360. The van der Waals surface area contributed by atoms with Crippen LogP contribution >= 0.6 is 43.2 Å². The van der Waals surface area contributed by atoms with Crippen molar-refractivity contribution in [3.63, 3.8) is 0 Å². The van der Waals surface area contributed by atoms with Crippen LogP contribution in [0.2, 0.25) is 0 Å². The summed E-state index contributed by atoms with van der Waals surface area (Å²) >= 11 is 8.50. The van der Waals surface area contributed by atoms with Gasteiger partial charge in [0.25, 0.3) is 0 Å². The molecule has 1 aromatic carbocycles. The topological polar surface area (TPSA) is 35.2 Å². The van der Waals surface area contributed by atoms with Crippen molar-refractivity contribution >= 4 is 43.2 Å². The Morgan fingerprint density at radius 2 is 1.83 bits per heavy atom. The van der Waals surface area contributed by atoms with Crippen molar-refractivity contribution in [1.82, 2.24) is 0 Å². The minimum atomic E-state index is -0.123. The zero-order valence-corrected chi connectivity index (χ0v) is 13.8. The second-order valence-corrected chi connectivity index (χ2v) is 6.79. The van der Waals surface area contributed by atoms with Gasteiger partial charge in [-0.3, -0.25) is 0 Å². The van der Waals surface area contributed by atoms with Crippen LogP contribution in [-0.4, -0.2) is 6.04 Å². The standard InChI is InChI=1S/C13H13Br2NOS/c1-8(16)13(12-6-10(15)7-18-12)17-11-4-2-9(14)3-5-11/h2-8,13H,16H2,1H3. The third-order valence-corrected chi connectivity index (χ3v) is 4.71. The summed E-state index contributed by atoms with van der Waals surface area (Å²) in [6, 6.07) is 9.76. The van der Waals surface area contributed by atoms with E-state index in [1.54, 1.807) is 11.3 Å². The first-order valence-corrected chi connectivity index (χ1v) is 7.94. The molecule has 0 amide bonds. The van der Waals surface area contributed by atoms with Crippen LogP contribution in [0, 0.1) is 0 Å². The Bertz CT molecular complexity index is 510. The minimum Gasteiger partial charge on any atom is -0.483 e. The molecule has 0 saturated heterocycles. The van der Waals surface area contributed by atoms with E-state index in [1.165, 1.54) is 0 Å². The molecule has 0 fully saturated rings. The third-order valence-electron chi connectivity index (χ3n) is 2.42. The molecule has 0 aliphatic carbocycles. The summed E-state index contributed by atoms with van der Waals surface area (Å²) in [6.07, 6.45) is -0.123. The average Bonchev–Trinajstić information content (AvgIpc) is 2.74. The molecule has 2 unspecified atom stereocenters. The van der Waals surface area contributed by atoms with E-state index in [4.69, 9.17) is 10.5 Å². The molecule has 0 radical (unpaired) electrons. The number of benzene rings is 1. The van der Waals surface area contributed by atoms with Crippen molar-refractivity contribution in [2.24, 2.45) is 5.73 Å². The summed E-state index contributed by atoms with van der Waals surface area (Å²) in [5.74, 6) is 0.824. The third kappa shape index (κ3) is 3.57. The van der Waals surface area contributed by atoms with E-state index in [9.17, 15) is 0 Å². The number of halogens is 2. The number of thiophene rings is 1. The Kier molecular flexibility index (Phi) is 4.84. The van der Waals surface area contributed by atoms with Gasteiger partial charge in [-0.1, -0.05) is 15.9 Å². The molecule has 0 aliphatic heterocycles. The van der Waals surface area contributed by atoms with Crippen LogP contribution in [0.4, 0.5) is 0 Å². The van der Waals surface area contributed by atoms with Gasteiger partial charge in [0.15, 0.2) is 0 Å². The lowest BCUT2D eigenvalue weighted by atomic mass is 10.1. The highest BCUT2D eigenvalue weighted by Crippen LogP contribution is 2.31. The van der Waals surface area contributed by atoms with Crippen molar-refractivity contribution in [3.8, 4) is 5.75 Å². The molecule has 2 aromatic rings. The zero-order valence-electron chi connectivity index (χ0n) is 9.77. The summed E-state index contributed by atoms with van der Waals surface area (Å²) in [5.41, 5.74) is 6.01.